The van der Waals surface area contributed by atoms with Crippen molar-refractivity contribution in [2.75, 3.05) is 31.5 Å². The molecular formula is C17H23N3O. The van der Waals surface area contributed by atoms with Crippen molar-refractivity contribution in [3.05, 3.63) is 41.0 Å². The summed E-state index contributed by atoms with van der Waals surface area (Å²) in [6, 6.07) is 8.21. The van der Waals surface area contributed by atoms with Gasteiger partial charge in [-0.25, -0.2) is 0 Å². The molecule has 3 rings (SSSR count). The lowest BCUT2D eigenvalue weighted by Gasteiger charge is -2.21. The van der Waals surface area contributed by atoms with Gasteiger partial charge in [-0.1, -0.05) is 12.1 Å². The summed E-state index contributed by atoms with van der Waals surface area (Å²) in [6.45, 7) is 6.94. The van der Waals surface area contributed by atoms with Crippen molar-refractivity contribution < 1.29 is 4.79 Å². The Bertz CT molecular complexity index is 553. The molecule has 0 spiro atoms. The summed E-state index contributed by atoms with van der Waals surface area (Å²) >= 11 is 0. The van der Waals surface area contributed by atoms with Gasteiger partial charge in [0, 0.05) is 30.9 Å². The van der Waals surface area contributed by atoms with Crippen LogP contribution in [0.1, 0.15) is 25.3 Å². The van der Waals surface area contributed by atoms with Crippen molar-refractivity contribution in [3.8, 4) is 0 Å². The van der Waals surface area contributed by atoms with Crippen LogP contribution in [-0.4, -0.2) is 37.0 Å². The summed E-state index contributed by atoms with van der Waals surface area (Å²) in [7, 11) is 0. The molecule has 0 unspecified atom stereocenters. The van der Waals surface area contributed by atoms with Crippen LogP contribution in [0.15, 0.2) is 35.4 Å². The lowest BCUT2D eigenvalue weighted by atomic mass is 10.0. The quantitative estimate of drug-likeness (QED) is 0.833. The van der Waals surface area contributed by atoms with E-state index in [2.05, 4.69) is 27.7 Å². The number of anilines is 1. The highest BCUT2D eigenvalue weighted by Crippen LogP contribution is 2.17. The fourth-order valence-corrected chi connectivity index (χ4v) is 2.85. The van der Waals surface area contributed by atoms with Gasteiger partial charge in [0.2, 0.25) is 0 Å². The highest BCUT2D eigenvalue weighted by molar-refractivity contribution is 6.04. The minimum absolute atomic E-state index is 0.0184. The fraction of sp³-hybridized carbons (Fsp3) is 0.471. The normalized spacial score (nSPS) is 18.4. The van der Waals surface area contributed by atoms with Gasteiger partial charge in [0.25, 0.3) is 5.91 Å². The molecule has 21 heavy (non-hydrogen) atoms. The van der Waals surface area contributed by atoms with E-state index in [1.165, 1.54) is 37.1 Å². The second-order valence-corrected chi connectivity index (χ2v) is 5.97. The maximum atomic E-state index is 12.2. The second-order valence-electron chi connectivity index (χ2n) is 5.97. The average molecular weight is 285 g/mol. The first kappa shape index (κ1) is 14.3. The summed E-state index contributed by atoms with van der Waals surface area (Å²) in [5.74, 6) is 0.0184. The van der Waals surface area contributed by atoms with E-state index in [1.54, 1.807) is 0 Å². The zero-order chi connectivity index (χ0) is 14.7. The third kappa shape index (κ3) is 3.52. The predicted molar refractivity (Wildman–Crippen MR) is 85.2 cm³/mol. The van der Waals surface area contributed by atoms with Gasteiger partial charge < -0.3 is 10.6 Å². The molecule has 0 aliphatic carbocycles. The van der Waals surface area contributed by atoms with E-state index < -0.39 is 0 Å². The molecule has 2 saturated heterocycles. The van der Waals surface area contributed by atoms with Crippen LogP contribution < -0.4 is 10.6 Å². The maximum absolute atomic E-state index is 12.2. The highest BCUT2D eigenvalue weighted by Gasteiger charge is 2.16. The minimum Gasteiger partial charge on any atom is -0.322 e. The van der Waals surface area contributed by atoms with E-state index in [0.29, 0.717) is 0 Å². The van der Waals surface area contributed by atoms with E-state index in [4.69, 9.17) is 0 Å². The summed E-state index contributed by atoms with van der Waals surface area (Å²) in [6.07, 6.45) is 2.61. The Balaban J connectivity index is 1.63. The molecular weight excluding hydrogens is 262 g/mol. The Morgan fingerprint density at radius 2 is 2.05 bits per heavy atom. The van der Waals surface area contributed by atoms with Gasteiger partial charge >= 0.3 is 0 Å². The maximum Gasteiger partial charge on any atom is 0.251 e. The summed E-state index contributed by atoms with van der Waals surface area (Å²) < 4.78 is 0. The number of carbonyl (C=O) groups is 1. The third-order valence-corrected chi connectivity index (χ3v) is 4.34. The van der Waals surface area contributed by atoms with Gasteiger partial charge in [-0.05, 0) is 56.1 Å². The van der Waals surface area contributed by atoms with Crippen molar-refractivity contribution in [3.63, 3.8) is 0 Å². The molecule has 1 amide bonds. The first-order valence-corrected chi connectivity index (χ1v) is 7.74. The molecule has 0 radical (unpaired) electrons. The molecule has 2 N–H and O–H groups in total. The third-order valence-electron chi connectivity index (χ3n) is 4.34. The Morgan fingerprint density at radius 1 is 1.29 bits per heavy atom. The van der Waals surface area contributed by atoms with Crippen molar-refractivity contribution >= 4 is 11.6 Å². The van der Waals surface area contributed by atoms with E-state index >= 15 is 0 Å². The number of nitrogens with zero attached hydrogens (tertiary/aromatic N) is 1. The SMILES string of the molecule is CC(C(=O)Nc1cccc(CN2CCCC2)c1)=C1CNC1. The molecule has 2 heterocycles. The standard InChI is InChI=1S/C17H23N3O/c1-13(15-10-18-11-15)17(21)19-16-6-4-5-14(9-16)12-20-7-2-3-8-20/h4-6,9,18H,2-3,7-8,10-12H2,1H3,(H,19,21). The van der Waals surface area contributed by atoms with Crippen LogP contribution in [0, 0.1) is 0 Å². The molecule has 2 aliphatic rings. The molecule has 0 saturated carbocycles. The molecule has 2 aliphatic heterocycles. The van der Waals surface area contributed by atoms with E-state index in [1.807, 2.05) is 19.1 Å². The molecule has 1 aromatic rings. The Morgan fingerprint density at radius 3 is 2.71 bits per heavy atom. The van der Waals surface area contributed by atoms with E-state index in [0.717, 1.165) is 30.9 Å². The molecule has 0 aromatic heterocycles. The van der Waals surface area contributed by atoms with Gasteiger partial charge in [-0.3, -0.25) is 9.69 Å². The first-order chi connectivity index (χ1) is 10.2. The number of carbonyl (C=O) groups excluding carboxylic acids is 1. The van der Waals surface area contributed by atoms with Crippen LogP contribution in [0.25, 0.3) is 0 Å². The number of hydrogen-bond acceptors (Lipinski definition) is 3. The Labute approximate surface area is 126 Å². The largest absolute Gasteiger partial charge is 0.322 e. The summed E-state index contributed by atoms with van der Waals surface area (Å²) in [5.41, 5.74) is 4.22. The molecule has 0 atom stereocenters. The van der Waals surface area contributed by atoms with Crippen LogP contribution in [0.2, 0.25) is 0 Å². The van der Waals surface area contributed by atoms with Gasteiger partial charge in [-0.2, -0.15) is 0 Å². The van der Waals surface area contributed by atoms with E-state index in [-0.39, 0.29) is 5.91 Å². The van der Waals surface area contributed by atoms with Crippen LogP contribution >= 0.6 is 0 Å². The molecule has 112 valence electrons. The van der Waals surface area contributed by atoms with Crippen molar-refractivity contribution in [1.29, 1.82) is 0 Å². The average Bonchev–Trinajstić information content (AvgIpc) is 2.90. The lowest BCUT2D eigenvalue weighted by Crippen LogP contribution is -2.36. The monoisotopic (exact) mass is 285 g/mol. The Hall–Kier alpha value is -1.65. The lowest BCUT2D eigenvalue weighted by molar-refractivity contribution is -0.112. The molecule has 2 fully saturated rings. The smallest absolute Gasteiger partial charge is 0.251 e. The number of amides is 1. The van der Waals surface area contributed by atoms with E-state index in [9.17, 15) is 4.79 Å². The number of benzene rings is 1. The number of rotatable bonds is 4. The zero-order valence-corrected chi connectivity index (χ0v) is 12.6. The number of nitrogens with one attached hydrogen (secondary N) is 2. The van der Waals surface area contributed by atoms with Crippen LogP contribution in [0.3, 0.4) is 0 Å². The van der Waals surface area contributed by atoms with Gasteiger partial charge in [0.05, 0.1) is 0 Å². The Kier molecular flexibility index (Phi) is 4.36. The zero-order valence-electron chi connectivity index (χ0n) is 12.6. The molecule has 4 nitrogen and oxygen atoms in total. The number of likely N-dealkylation sites (tertiary alicyclic amines) is 1. The molecule has 0 bridgehead atoms. The van der Waals surface area contributed by atoms with Gasteiger partial charge in [0.15, 0.2) is 0 Å². The van der Waals surface area contributed by atoms with Crippen molar-refractivity contribution in [2.24, 2.45) is 0 Å². The van der Waals surface area contributed by atoms with Gasteiger partial charge in [0.1, 0.15) is 0 Å². The van der Waals surface area contributed by atoms with Crippen LogP contribution in [0.4, 0.5) is 5.69 Å². The minimum atomic E-state index is 0.0184. The molecule has 4 heteroatoms. The summed E-state index contributed by atoms with van der Waals surface area (Å²) in [4.78, 5) is 14.7. The summed E-state index contributed by atoms with van der Waals surface area (Å²) in [5, 5.41) is 6.18. The van der Waals surface area contributed by atoms with Crippen molar-refractivity contribution in [1.82, 2.24) is 10.2 Å². The predicted octanol–water partition coefficient (Wildman–Crippen LogP) is 2.14. The second kappa shape index (κ2) is 6.41. The van der Waals surface area contributed by atoms with Gasteiger partial charge in [-0.15, -0.1) is 0 Å². The van der Waals surface area contributed by atoms with Crippen LogP contribution in [-0.2, 0) is 11.3 Å². The highest BCUT2D eigenvalue weighted by atomic mass is 16.1. The number of hydrogen-bond donors (Lipinski definition) is 2. The van der Waals surface area contributed by atoms with Crippen molar-refractivity contribution in [2.45, 2.75) is 26.3 Å². The first-order valence-electron chi connectivity index (χ1n) is 7.74. The van der Waals surface area contributed by atoms with Crippen LogP contribution in [0.5, 0.6) is 0 Å². The fourth-order valence-electron chi connectivity index (χ4n) is 2.85. The molecule has 1 aromatic carbocycles. The topological polar surface area (TPSA) is 44.4 Å².